The van der Waals surface area contributed by atoms with Crippen LogP contribution >= 0.6 is 15.8 Å². The average molecular weight is 661 g/mol. The topological polar surface area (TPSA) is 43.2 Å². The van der Waals surface area contributed by atoms with Crippen LogP contribution in [0.5, 0.6) is 0 Å². The lowest BCUT2D eigenvalue weighted by molar-refractivity contribution is 0.348. The Balaban J connectivity index is 1.50. The molecule has 0 unspecified atom stereocenters. The van der Waals surface area contributed by atoms with Crippen molar-refractivity contribution in [3.8, 4) is 11.1 Å². The molecule has 0 aromatic heterocycles. The Bertz CT molecular complexity index is 1850. The van der Waals surface area contributed by atoms with Gasteiger partial charge in [0.2, 0.25) is 11.8 Å². The summed E-state index contributed by atoms with van der Waals surface area (Å²) in [7, 11) is -1.94. The first kappa shape index (κ1) is 30.5. The summed E-state index contributed by atoms with van der Waals surface area (Å²) in [6.45, 7) is 2.46. The minimum absolute atomic E-state index is 0.580. The molecule has 6 aromatic carbocycles. The molecule has 6 heteroatoms. The van der Waals surface area contributed by atoms with Crippen LogP contribution in [0.4, 0.5) is 0 Å². The van der Waals surface area contributed by atoms with E-state index in [0.29, 0.717) is 38.1 Å². The number of nitrogens with zero attached hydrogens (tertiary/aromatic N) is 2. The van der Waals surface area contributed by atoms with Crippen LogP contribution in [-0.2, 0) is 9.47 Å². The summed E-state index contributed by atoms with van der Waals surface area (Å²) in [5.41, 5.74) is 4.29. The summed E-state index contributed by atoms with van der Waals surface area (Å²) in [5.74, 6) is 1.39. The number of aliphatic imine (C=N–C) groups is 2. The average Bonchev–Trinajstić information content (AvgIpc) is 3.90. The van der Waals surface area contributed by atoms with Crippen LogP contribution in [0.1, 0.15) is 11.1 Å². The highest BCUT2D eigenvalue weighted by Gasteiger charge is 2.32. The van der Waals surface area contributed by atoms with Gasteiger partial charge in [-0.25, -0.2) is 9.98 Å². The van der Waals surface area contributed by atoms with Gasteiger partial charge in [0.15, 0.2) is 0 Å². The zero-order valence-corrected chi connectivity index (χ0v) is 28.2. The Morgan fingerprint density at radius 3 is 1.00 bits per heavy atom. The molecule has 4 nitrogen and oxygen atoms in total. The minimum atomic E-state index is -0.970. The lowest BCUT2D eigenvalue weighted by Crippen LogP contribution is -2.28. The van der Waals surface area contributed by atoms with Crippen molar-refractivity contribution in [3.05, 3.63) is 169 Å². The molecule has 0 aliphatic carbocycles. The maximum Gasteiger partial charge on any atom is 0.216 e. The second-order valence-corrected chi connectivity index (χ2v) is 15.9. The van der Waals surface area contributed by atoms with Crippen molar-refractivity contribution in [1.29, 1.82) is 0 Å². The van der Waals surface area contributed by atoms with Gasteiger partial charge in [0.25, 0.3) is 0 Å². The molecular weight excluding hydrogens is 626 g/mol. The molecule has 0 bridgehead atoms. The van der Waals surface area contributed by atoms with Gasteiger partial charge >= 0.3 is 0 Å². The molecular formula is C42H34N2O2P2. The van der Waals surface area contributed by atoms with E-state index in [9.17, 15) is 0 Å². The number of ether oxygens (including phenoxy) is 2. The van der Waals surface area contributed by atoms with Gasteiger partial charge in [-0.1, -0.05) is 146 Å². The van der Waals surface area contributed by atoms with Gasteiger partial charge in [-0.05, 0) is 59.8 Å². The van der Waals surface area contributed by atoms with Crippen molar-refractivity contribution in [3.63, 3.8) is 0 Å². The van der Waals surface area contributed by atoms with Crippen LogP contribution in [0.3, 0.4) is 0 Å². The van der Waals surface area contributed by atoms with Gasteiger partial charge in [-0.3, -0.25) is 0 Å². The summed E-state index contributed by atoms with van der Waals surface area (Å²) < 4.78 is 12.6. The second-order valence-electron chi connectivity index (χ2n) is 11.5. The molecule has 234 valence electrons. The second kappa shape index (κ2) is 14.1. The monoisotopic (exact) mass is 660 g/mol. The number of benzene rings is 6. The summed E-state index contributed by atoms with van der Waals surface area (Å²) in [4.78, 5) is 9.80. The molecule has 0 saturated carbocycles. The predicted octanol–water partition coefficient (Wildman–Crippen LogP) is 6.42. The summed E-state index contributed by atoms with van der Waals surface area (Å²) >= 11 is 0. The van der Waals surface area contributed by atoms with Crippen molar-refractivity contribution in [2.24, 2.45) is 9.98 Å². The Morgan fingerprint density at radius 2 is 0.708 bits per heavy atom. The van der Waals surface area contributed by atoms with E-state index in [1.807, 2.05) is 0 Å². The smallest absolute Gasteiger partial charge is 0.216 e. The SMILES string of the molecule is c1ccc(P(c2ccccc2)c2cccc(C3=NCCO3)c2-c2c(C3=NCCO3)cccc2P(c2ccccc2)c2ccccc2)cc1. The number of hydrogen-bond donors (Lipinski definition) is 0. The van der Waals surface area contributed by atoms with Gasteiger partial charge in [-0.2, -0.15) is 0 Å². The van der Waals surface area contributed by atoms with Crippen LogP contribution in [-0.4, -0.2) is 38.1 Å². The highest BCUT2D eigenvalue weighted by Crippen LogP contribution is 2.44. The quantitative estimate of drug-likeness (QED) is 0.168. The molecule has 0 radical (unpaired) electrons. The van der Waals surface area contributed by atoms with Gasteiger partial charge in [-0.15, -0.1) is 0 Å². The van der Waals surface area contributed by atoms with Crippen LogP contribution in [0, 0.1) is 0 Å². The summed E-state index contributed by atoms with van der Waals surface area (Å²) in [5, 5.41) is 7.64. The van der Waals surface area contributed by atoms with E-state index in [2.05, 4.69) is 158 Å². The van der Waals surface area contributed by atoms with Crippen LogP contribution < -0.4 is 31.8 Å². The molecule has 0 atom stereocenters. The molecule has 0 saturated heterocycles. The molecule has 0 spiro atoms. The molecule has 48 heavy (non-hydrogen) atoms. The largest absolute Gasteiger partial charge is 0.475 e. The van der Waals surface area contributed by atoms with E-state index in [1.54, 1.807) is 0 Å². The Hall–Kier alpha value is -4.88. The molecule has 0 fully saturated rings. The van der Waals surface area contributed by atoms with E-state index < -0.39 is 15.8 Å². The van der Waals surface area contributed by atoms with Crippen molar-refractivity contribution < 1.29 is 9.47 Å². The highest BCUT2D eigenvalue weighted by molar-refractivity contribution is 7.80. The zero-order chi connectivity index (χ0) is 32.1. The van der Waals surface area contributed by atoms with Crippen LogP contribution in [0.15, 0.2) is 168 Å². The van der Waals surface area contributed by atoms with E-state index >= 15 is 0 Å². The zero-order valence-electron chi connectivity index (χ0n) is 26.4. The Labute approximate surface area is 284 Å². The molecule has 6 aromatic rings. The first-order valence-corrected chi connectivity index (χ1v) is 19.0. The normalized spacial score (nSPS) is 14.0. The number of hydrogen-bond acceptors (Lipinski definition) is 4. The van der Waals surface area contributed by atoms with Crippen molar-refractivity contribution in [2.45, 2.75) is 0 Å². The maximum absolute atomic E-state index is 6.28. The van der Waals surface area contributed by atoms with Crippen LogP contribution in [0.2, 0.25) is 0 Å². The minimum Gasteiger partial charge on any atom is -0.475 e. The Morgan fingerprint density at radius 1 is 0.375 bits per heavy atom. The maximum atomic E-state index is 6.28. The van der Waals surface area contributed by atoms with E-state index in [0.717, 1.165) is 22.3 Å². The molecule has 8 rings (SSSR count). The highest BCUT2D eigenvalue weighted by atomic mass is 31.1. The third-order valence-corrected chi connectivity index (χ3v) is 13.5. The van der Waals surface area contributed by atoms with Gasteiger partial charge in [0.05, 0.1) is 13.1 Å². The molecule has 2 aliphatic rings. The van der Waals surface area contributed by atoms with E-state index in [1.165, 1.54) is 31.8 Å². The lowest BCUT2D eigenvalue weighted by atomic mass is 9.94. The summed E-state index contributed by atoms with van der Waals surface area (Å²) in [6, 6.07) is 56.9. The Kier molecular flexibility index (Phi) is 8.93. The molecule has 0 N–H and O–H groups in total. The first-order chi connectivity index (χ1) is 23.9. The van der Waals surface area contributed by atoms with Crippen molar-refractivity contribution in [2.75, 3.05) is 26.3 Å². The van der Waals surface area contributed by atoms with Gasteiger partial charge < -0.3 is 9.47 Å². The van der Waals surface area contributed by atoms with Crippen LogP contribution in [0.25, 0.3) is 11.1 Å². The fourth-order valence-electron chi connectivity index (χ4n) is 6.49. The first-order valence-electron chi connectivity index (χ1n) is 16.3. The fraction of sp³-hybridized carbons (Fsp3) is 0.0952. The fourth-order valence-corrected chi connectivity index (χ4v) is 11.5. The van der Waals surface area contributed by atoms with E-state index in [-0.39, 0.29) is 0 Å². The molecule has 0 amide bonds. The van der Waals surface area contributed by atoms with Gasteiger partial charge in [0, 0.05) is 22.3 Å². The standard InChI is InChI=1S/C42H34N2O2P2/c1-5-15-31(16-6-1)47(32-17-7-2-8-18-32)37-25-13-23-35(41-43-27-29-45-41)39(37)40-36(42-44-28-30-46-42)24-14-26-38(40)48(33-19-9-3-10-20-33)34-21-11-4-12-22-34/h1-26H,27-30H2. The third-order valence-electron chi connectivity index (χ3n) is 8.51. The molecule has 2 heterocycles. The molecule has 2 aliphatic heterocycles. The predicted molar refractivity (Wildman–Crippen MR) is 204 cm³/mol. The van der Waals surface area contributed by atoms with Crippen molar-refractivity contribution in [1.82, 2.24) is 0 Å². The van der Waals surface area contributed by atoms with Gasteiger partial charge in [0.1, 0.15) is 13.2 Å². The summed E-state index contributed by atoms with van der Waals surface area (Å²) in [6.07, 6.45) is 0. The van der Waals surface area contributed by atoms with Crippen molar-refractivity contribution >= 4 is 59.5 Å². The van der Waals surface area contributed by atoms with E-state index in [4.69, 9.17) is 19.5 Å². The third kappa shape index (κ3) is 5.99. The lowest BCUT2D eigenvalue weighted by Gasteiger charge is -2.29. The number of rotatable bonds is 9.